The predicted molar refractivity (Wildman–Crippen MR) is 82.9 cm³/mol. The number of carboxylic acids is 1. The Labute approximate surface area is 134 Å². The lowest BCUT2D eigenvalue weighted by atomic mass is 10.2. The summed E-state index contributed by atoms with van der Waals surface area (Å²) in [5.41, 5.74) is 0.536. The number of methoxy groups -OCH3 is 1. The van der Waals surface area contributed by atoms with Gasteiger partial charge in [-0.1, -0.05) is 0 Å². The van der Waals surface area contributed by atoms with Crippen LogP contribution in [-0.4, -0.2) is 42.4 Å². The molecule has 0 aromatic heterocycles. The van der Waals surface area contributed by atoms with Crippen molar-refractivity contribution in [3.63, 3.8) is 0 Å². The number of amides is 1. The summed E-state index contributed by atoms with van der Waals surface area (Å²) < 4.78 is 16.1. The summed E-state index contributed by atoms with van der Waals surface area (Å²) in [6.07, 6.45) is -0.995. The first-order valence-electron chi connectivity index (χ1n) is 7.44. The number of ether oxygens (including phenoxy) is 3. The fraction of sp³-hybridized carbons (Fsp3) is 0.500. The van der Waals surface area contributed by atoms with Crippen LogP contribution in [0.2, 0.25) is 0 Å². The van der Waals surface area contributed by atoms with Crippen LogP contribution < -0.4 is 14.8 Å². The van der Waals surface area contributed by atoms with E-state index in [1.54, 1.807) is 25.3 Å². The van der Waals surface area contributed by atoms with Crippen molar-refractivity contribution < 1.29 is 28.9 Å². The molecular weight excluding hydrogens is 302 g/mol. The maximum atomic E-state index is 12.2. The molecule has 126 valence electrons. The highest BCUT2D eigenvalue weighted by atomic mass is 16.5. The molecule has 0 aliphatic carbocycles. The first-order valence-corrected chi connectivity index (χ1v) is 7.44. The topological polar surface area (TPSA) is 94.1 Å². The van der Waals surface area contributed by atoms with E-state index in [4.69, 9.17) is 19.3 Å². The molecule has 2 atom stereocenters. The lowest BCUT2D eigenvalue weighted by molar-refractivity contribution is -0.150. The van der Waals surface area contributed by atoms with Crippen molar-refractivity contribution in [1.29, 1.82) is 0 Å². The van der Waals surface area contributed by atoms with Gasteiger partial charge in [-0.15, -0.1) is 0 Å². The maximum Gasteiger partial charge on any atom is 0.332 e. The number of aliphatic carboxylic acids is 1. The number of benzene rings is 1. The van der Waals surface area contributed by atoms with E-state index in [-0.39, 0.29) is 12.0 Å². The molecule has 23 heavy (non-hydrogen) atoms. The number of rotatable bonds is 6. The summed E-state index contributed by atoms with van der Waals surface area (Å²) in [4.78, 5) is 23.0. The van der Waals surface area contributed by atoms with Crippen LogP contribution in [0.4, 0.5) is 5.69 Å². The van der Waals surface area contributed by atoms with E-state index in [1.807, 2.05) is 13.8 Å². The number of carbonyl (C=O) groups excluding carboxylic acids is 1. The summed E-state index contributed by atoms with van der Waals surface area (Å²) >= 11 is 0. The van der Waals surface area contributed by atoms with E-state index in [0.717, 1.165) is 0 Å². The molecule has 0 saturated carbocycles. The van der Waals surface area contributed by atoms with Crippen molar-refractivity contribution in [3.8, 4) is 11.5 Å². The van der Waals surface area contributed by atoms with Crippen LogP contribution in [0.25, 0.3) is 0 Å². The van der Waals surface area contributed by atoms with E-state index < -0.39 is 18.2 Å². The molecule has 1 saturated heterocycles. The first-order chi connectivity index (χ1) is 10.9. The highest BCUT2D eigenvalue weighted by molar-refractivity contribution is 5.95. The molecule has 1 aromatic rings. The van der Waals surface area contributed by atoms with Crippen LogP contribution in [0.15, 0.2) is 18.2 Å². The van der Waals surface area contributed by atoms with Gasteiger partial charge in [0.1, 0.15) is 6.10 Å². The smallest absolute Gasteiger partial charge is 0.332 e. The van der Waals surface area contributed by atoms with Gasteiger partial charge in [0.05, 0.1) is 13.2 Å². The lowest BCUT2D eigenvalue weighted by Gasteiger charge is -2.16. The fourth-order valence-corrected chi connectivity index (χ4v) is 2.33. The third-order valence-electron chi connectivity index (χ3n) is 3.38. The van der Waals surface area contributed by atoms with Crippen LogP contribution in [0.1, 0.15) is 26.7 Å². The molecule has 0 unspecified atom stereocenters. The molecule has 1 heterocycles. The van der Waals surface area contributed by atoms with Gasteiger partial charge in [0.2, 0.25) is 0 Å². The summed E-state index contributed by atoms with van der Waals surface area (Å²) in [6, 6.07) is 5.05. The van der Waals surface area contributed by atoms with Gasteiger partial charge in [0, 0.05) is 11.8 Å². The zero-order valence-corrected chi connectivity index (χ0v) is 13.4. The third kappa shape index (κ3) is 4.35. The Hall–Kier alpha value is -2.28. The van der Waals surface area contributed by atoms with Crippen molar-refractivity contribution in [2.75, 3.05) is 12.4 Å². The summed E-state index contributed by atoms with van der Waals surface area (Å²) in [6.45, 7) is 3.78. The van der Waals surface area contributed by atoms with Crippen molar-refractivity contribution in [2.24, 2.45) is 0 Å². The lowest BCUT2D eigenvalue weighted by Crippen LogP contribution is -2.29. The van der Waals surface area contributed by atoms with Crippen LogP contribution in [0.3, 0.4) is 0 Å². The molecule has 0 radical (unpaired) electrons. The van der Waals surface area contributed by atoms with E-state index in [9.17, 15) is 9.59 Å². The highest BCUT2D eigenvalue weighted by Crippen LogP contribution is 2.31. The number of hydrogen-bond acceptors (Lipinski definition) is 5. The van der Waals surface area contributed by atoms with E-state index in [2.05, 4.69) is 5.32 Å². The van der Waals surface area contributed by atoms with Crippen LogP contribution in [-0.2, 0) is 14.3 Å². The number of carbonyl (C=O) groups is 2. The molecule has 2 N–H and O–H groups in total. The molecule has 7 nitrogen and oxygen atoms in total. The molecule has 0 spiro atoms. The molecular formula is C16H21NO6. The fourth-order valence-electron chi connectivity index (χ4n) is 2.33. The van der Waals surface area contributed by atoms with Crippen LogP contribution in [0.5, 0.6) is 11.5 Å². The van der Waals surface area contributed by atoms with Crippen LogP contribution in [0, 0.1) is 0 Å². The van der Waals surface area contributed by atoms with Gasteiger partial charge >= 0.3 is 5.97 Å². The molecule has 0 bridgehead atoms. The minimum absolute atomic E-state index is 0.0376. The average molecular weight is 323 g/mol. The van der Waals surface area contributed by atoms with E-state index >= 15 is 0 Å². The van der Waals surface area contributed by atoms with Gasteiger partial charge in [-0.2, -0.15) is 0 Å². The number of nitrogens with one attached hydrogen (secondary N) is 1. The van der Waals surface area contributed by atoms with Crippen molar-refractivity contribution in [1.82, 2.24) is 0 Å². The van der Waals surface area contributed by atoms with Gasteiger partial charge in [-0.3, -0.25) is 4.79 Å². The Morgan fingerprint density at radius 1 is 1.26 bits per heavy atom. The Morgan fingerprint density at radius 3 is 2.52 bits per heavy atom. The van der Waals surface area contributed by atoms with Gasteiger partial charge in [-0.25, -0.2) is 4.79 Å². The van der Waals surface area contributed by atoms with Gasteiger partial charge < -0.3 is 24.6 Å². The van der Waals surface area contributed by atoms with Crippen molar-refractivity contribution >= 4 is 17.6 Å². The molecule has 1 aliphatic heterocycles. The Balaban J connectivity index is 2.05. The summed E-state index contributed by atoms with van der Waals surface area (Å²) in [5.74, 6) is -0.317. The van der Waals surface area contributed by atoms with Crippen molar-refractivity contribution in [3.05, 3.63) is 18.2 Å². The zero-order chi connectivity index (χ0) is 17.0. The minimum atomic E-state index is -1.04. The normalized spacial score (nSPS) is 20.3. The monoisotopic (exact) mass is 323 g/mol. The summed E-state index contributed by atoms with van der Waals surface area (Å²) in [5, 5.41) is 11.6. The molecule has 1 aliphatic rings. The second-order valence-electron chi connectivity index (χ2n) is 5.55. The van der Waals surface area contributed by atoms with E-state index in [0.29, 0.717) is 30.0 Å². The first kappa shape index (κ1) is 17.1. The second kappa shape index (κ2) is 7.32. The van der Waals surface area contributed by atoms with Crippen LogP contribution >= 0.6 is 0 Å². The number of hydrogen-bond donors (Lipinski definition) is 2. The maximum absolute atomic E-state index is 12.2. The molecule has 7 heteroatoms. The van der Waals surface area contributed by atoms with Gasteiger partial charge in [0.15, 0.2) is 17.6 Å². The van der Waals surface area contributed by atoms with Gasteiger partial charge in [0.25, 0.3) is 5.91 Å². The van der Waals surface area contributed by atoms with Crippen molar-refractivity contribution in [2.45, 2.75) is 45.0 Å². The van der Waals surface area contributed by atoms with Gasteiger partial charge in [-0.05, 0) is 38.8 Å². The highest BCUT2D eigenvalue weighted by Gasteiger charge is 2.34. The zero-order valence-electron chi connectivity index (χ0n) is 13.4. The Morgan fingerprint density at radius 2 is 1.96 bits per heavy atom. The molecule has 2 rings (SSSR count). The summed E-state index contributed by atoms with van der Waals surface area (Å²) in [7, 11) is 1.54. The standard InChI is InChI=1S/C16H21NO6/c1-9(2)22-14-8-10(4-5-11(14)21-3)17-15(18)12-6-7-13(23-12)16(19)20/h4-5,8-9,12-13H,6-7H2,1-3H3,(H,17,18)(H,19,20)/t12-,13+/m0/s1. The predicted octanol–water partition coefficient (Wildman–Crippen LogP) is 2.05. The number of carboxylic acid groups (broad SMARTS) is 1. The Bertz CT molecular complexity index is 586. The molecule has 1 aromatic carbocycles. The largest absolute Gasteiger partial charge is 0.493 e. The average Bonchev–Trinajstić information content (AvgIpc) is 2.97. The Kier molecular flexibility index (Phi) is 5.44. The van der Waals surface area contributed by atoms with E-state index in [1.165, 1.54) is 0 Å². The minimum Gasteiger partial charge on any atom is -0.493 e. The third-order valence-corrected chi connectivity index (χ3v) is 3.38. The quantitative estimate of drug-likeness (QED) is 0.832. The number of anilines is 1. The second-order valence-corrected chi connectivity index (χ2v) is 5.55. The molecule has 1 amide bonds. The molecule has 1 fully saturated rings. The SMILES string of the molecule is COc1ccc(NC(=O)[C@@H]2CC[C@H](C(=O)O)O2)cc1OC(C)C.